The van der Waals surface area contributed by atoms with E-state index in [1.54, 1.807) is 12.1 Å². The summed E-state index contributed by atoms with van der Waals surface area (Å²) in [7, 11) is 0. The third-order valence-electron chi connectivity index (χ3n) is 3.25. The summed E-state index contributed by atoms with van der Waals surface area (Å²) in [5, 5.41) is 14.7. The molecule has 2 aromatic rings. The largest absolute Gasteiger partial charge is 0.493 e. The van der Waals surface area contributed by atoms with E-state index >= 15 is 0 Å². The molecule has 0 aliphatic heterocycles. The Morgan fingerprint density at radius 2 is 2.00 bits per heavy atom. The van der Waals surface area contributed by atoms with Gasteiger partial charge >= 0.3 is 0 Å². The lowest BCUT2D eigenvalue weighted by molar-refractivity contribution is -0.384. The SMILES string of the molecule is CC(C)COc1ccc(/C=N\NC(=O)c2ccc(Cl)c([N+](=O)[O-])c2)cc1. The Morgan fingerprint density at radius 3 is 2.62 bits per heavy atom. The number of nitrogens with zero attached hydrogens (tertiary/aromatic N) is 2. The van der Waals surface area contributed by atoms with Gasteiger partial charge in [-0.1, -0.05) is 25.4 Å². The molecule has 0 saturated heterocycles. The second-order valence-electron chi connectivity index (χ2n) is 5.90. The zero-order chi connectivity index (χ0) is 19.1. The summed E-state index contributed by atoms with van der Waals surface area (Å²) in [6.45, 7) is 4.77. The molecule has 0 aliphatic carbocycles. The van der Waals surface area contributed by atoms with Crippen molar-refractivity contribution in [1.29, 1.82) is 0 Å². The van der Waals surface area contributed by atoms with Gasteiger partial charge in [-0.25, -0.2) is 5.43 Å². The van der Waals surface area contributed by atoms with Crippen molar-refractivity contribution in [1.82, 2.24) is 5.43 Å². The minimum atomic E-state index is -0.648. The zero-order valence-corrected chi connectivity index (χ0v) is 15.1. The van der Waals surface area contributed by atoms with E-state index in [9.17, 15) is 14.9 Å². The van der Waals surface area contributed by atoms with E-state index in [1.165, 1.54) is 18.3 Å². The van der Waals surface area contributed by atoms with Crippen molar-refractivity contribution >= 4 is 29.4 Å². The highest BCUT2D eigenvalue weighted by atomic mass is 35.5. The van der Waals surface area contributed by atoms with Crippen molar-refractivity contribution in [2.45, 2.75) is 13.8 Å². The van der Waals surface area contributed by atoms with Crippen molar-refractivity contribution in [2.75, 3.05) is 6.61 Å². The first-order chi connectivity index (χ1) is 12.4. The number of hydrogen-bond acceptors (Lipinski definition) is 5. The van der Waals surface area contributed by atoms with Crippen LogP contribution in [0.3, 0.4) is 0 Å². The molecule has 0 spiro atoms. The number of nitro benzene ring substituents is 1. The molecule has 7 nitrogen and oxygen atoms in total. The van der Waals surface area contributed by atoms with Crippen molar-refractivity contribution in [3.8, 4) is 5.75 Å². The van der Waals surface area contributed by atoms with Crippen molar-refractivity contribution in [3.63, 3.8) is 0 Å². The van der Waals surface area contributed by atoms with Crippen LogP contribution in [0.5, 0.6) is 5.75 Å². The van der Waals surface area contributed by atoms with Gasteiger partial charge < -0.3 is 4.74 Å². The molecule has 26 heavy (non-hydrogen) atoms. The van der Waals surface area contributed by atoms with E-state index in [0.717, 1.165) is 17.4 Å². The van der Waals surface area contributed by atoms with Gasteiger partial charge in [-0.3, -0.25) is 14.9 Å². The van der Waals surface area contributed by atoms with E-state index in [-0.39, 0.29) is 16.3 Å². The molecule has 0 aromatic heterocycles. The first kappa shape index (κ1) is 19.4. The number of carbonyl (C=O) groups excluding carboxylic acids is 1. The standard InChI is InChI=1S/C18H18ClN3O4/c1-12(2)11-26-15-6-3-13(4-7-15)10-20-21-18(23)14-5-8-16(19)17(9-14)22(24)25/h3-10,12H,11H2,1-2H3,(H,21,23)/b20-10-. The molecule has 8 heteroatoms. The average molecular weight is 376 g/mol. The van der Waals surface area contributed by atoms with E-state index in [1.807, 2.05) is 12.1 Å². The molecule has 0 atom stereocenters. The van der Waals surface area contributed by atoms with Crippen LogP contribution in [-0.2, 0) is 0 Å². The highest BCUT2D eigenvalue weighted by Crippen LogP contribution is 2.24. The van der Waals surface area contributed by atoms with E-state index in [0.29, 0.717) is 12.5 Å². The number of rotatable bonds is 7. The normalized spacial score (nSPS) is 10.9. The lowest BCUT2D eigenvalue weighted by atomic mass is 10.2. The van der Waals surface area contributed by atoms with Gasteiger partial charge in [-0.2, -0.15) is 5.10 Å². The second kappa shape index (κ2) is 8.96. The fourth-order valence-corrected chi connectivity index (χ4v) is 2.12. The maximum Gasteiger partial charge on any atom is 0.288 e. The van der Waals surface area contributed by atoms with E-state index in [2.05, 4.69) is 24.4 Å². The monoisotopic (exact) mass is 375 g/mol. The minimum absolute atomic E-state index is 0.0326. The van der Waals surface area contributed by atoms with Crippen LogP contribution in [0.1, 0.15) is 29.8 Å². The fraction of sp³-hybridized carbons (Fsp3) is 0.222. The highest BCUT2D eigenvalue weighted by Gasteiger charge is 2.15. The lowest BCUT2D eigenvalue weighted by Crippen LogP contribution is -2.17. The topological polar surface area (TPSA) is 93.8 Å². The number of carbonyl (C=O) groups is 1. The number of nitrogens with one attached hydrogen (secondary N) is 1. The number of nitro groups is 1. The molecule has 1 N–H and O–H groups in total. The number of hydrogen-bond donors (Lipinski definition) is 1. The molecule has 0 bridgehead atoms. The van der Waals surface area contributed by atoms with Gasteiger partial charge in [0.1, 0.15) is 10.8 Å². The Balaban J connectivity index is 1.96. The molecule has 0 unspecified atom stereocenters. The molecule has 2 aromatic carbocycles. The third kappa shape index (κ3) is 5.56. The van der Waals surface area contributed by atoms with Gasteiger partial charge in [-0.15, -0.1) is 0 Å². The predicted octanol–water partition coefficient (Wildman–Crippen LogP) is 4.05. The van der Waals surface area contributed by atoms with Crippen LogP contribution in [0.25, 0.3) is 0 Å². The number of benzene rings is 2. The van der Waals surface area contributed by atoms with Gasteiger partial charge in [0.2, 0.25) is 0 Å². The van der Waals surface area contributed by atoms with E-state index < -0.39 is 10.8 Å². The van der Waals surface area contributed by atoms with Crippen molar-refractivity contribution < 1.29 is 14.5 Å². The zero-order valence-electron chi connectivity index (χ0n) is 14.3. The van der Waals surface area contributed by atoms with Crippen LogP contribution in [0, 0.1) is 16.0 Å². The quantitative estimate of drug-likeness (QED) is 0.448. The Bertz CT molecular complexity index is 820. The first-order valence-electron chi connectivity index (χ1n) is 7.87. The Kier molecular flexibility index (Phi) is 6.68. The molecule has 136 valence electrons. The van der Waals surface area contributed by atoms with Gasteiger partial charge in [0, 0.05) is 11.6 Å². The lowest BCUT2D eigenvalue weighted by Gasteiger charge is -2.08. The molecule has 0 radical (unpaired) electrons. The van der Waals surface area contributed by atoms with Crippen molar-refractivity contribution in [3.05, 3.63) is 68.7 Å². The maximum atomic E-state index is 12.0. The van der Waals surface area contributed by atoms with Crippen LogP contribution < -0.4 is 10.2 Å². The Labute approximate surface area is 155 Å². The minimum Gasteiger partial charge on any atom is -0.493 e. The highest BCUT2D eigenvalue weighted by molar-refractivity contribution is 6.32. The molecular weight excluding hydrogens is 358 g/mol. The summed E-state index contributed by atoms with van der Waals surface area (Å²) in [5.41, 5.74) is 2.85. The summed E-state index contributed by atoms with van der Waals surface area (Å²) in [6, 6.07) is 11.0. The molecule has 2 rings (SSSR count). The summed E-state index contributed by atoms with van der Waals surface area (Å²) in [5.74, 6) is 0.626. The van der Waals surface area contributed by atoms with Gasteiger partial charge in [0.05, 0.1) is 17.7 Å². The summed E-state index contributed by atoms with van der Waals surface area (Å²) >= 11 is 5.72. The summed E-state index contributed by atoms with van der Waals surface area (Å²) in [6.07, 6.45) is 1.47. The molecule has 0 fully saturated rings. The second-order valence-corrected chi connectivity index (χ2v) is 6.30. The smallest absolute Gasteiger partial charge is 0.288 e. The van der Waals surface area contributed by atoms with Crippen LogP contribution in [0.4, 0.5) is 5.69 Å². The van der Waals surface area contributed by atoms with Crippen LogP contribution in [0.15, 0.2) is 47.6 Å². The maximum absolute atomic E-state index is 12.0. The Morgan fingerprint density at radius 1 is 1.31 bits per heavy atom. The van der Waals surface area contributed by atoms with Gasteiger partial charge in [-0.05, 0) is 47.9 Å². The van der Waals surface area contributed by atoms with Crippen LogP contribution >= 0.6 is 11.6 Å². The summed E-state index contributed by atoms with van der Waals surface area (Å²) in [4.78, 5) is 22.2. The van der Waals surface area contributed by atoms with Gasteiger partial charge in [0.25, 0.3) is 11.6 Å². The van der Waals surface area contributed by atoms with Crippen LogP contribution in [0.2, 0.25) is 5.02 Å². The molecule has 0 saturated carbocycles. The van der Waals surface area contributed by atoms with Crippen LogP contribution in [-0.4, -0.2) is 23.7 Å². The molecule has 1 amide bonds. The van der Waals surface area contributed by atoms with Gasteiger partial charge in [0.15, 0.2) is 0 Å². The molecule has 0 heterocycles. The molecule has 0 aliphatic rings. The third-order valence-corrected chi connectivity index (χ3v) is 3.57. The molecular formula is C18H18ClN3O4. The number of ether oxygens (including phenoxy) is 1. The average Bonchev–Trinajstić information content (AvgIpc) is 2.61. The van der Waals surface area contributed by atoms with Crippen molar-refractivity contribution in [2.24, 2.45) is 11.0 Å². The summed E-state index contributed by atoms with van der Waals surface area (Å²) < 4.78 is 5.58. The van der Waals surface area contributed by atoms with E-state index in [4.69, 9.17) is 16.3 Å². The Hall–Kier alpha value is -2.93. The number of hydrazone groups is 1. The number of halogens is 1. The fourth-order valence-electron chi connectivity index (χ4n) is 1.94. The number of amides is 1. The predicted molar refractivity (Wildman–Crippen MR) is 99.9 cm³/mol. The first-order valence-corrected chi connectivity index (χ1v) is 8.25.